The number of anilines is 1. The standard InChI is InChI=1S/C15H15F2N3O3/c1-9-7-13(20-23-9)19-14(21)3-2-6-18-15(22)11-5-4-10(16)8-12(11)17/h4-5,7-8H,2-3,6H2,1H3,(H,18,22)(H,19,20,21). The molecule has 0 radical (unpaired) electrons. The first-order valence-electron chi connectivity index (χ1n) is 6.92. The number of halogens is 2. The lowest BCUT2D eigenvalue weighted by molar-refractivity contribution is -0.116. The van der Waals surface area contributed by atoms with Gasteiger partial charge >= 0.3 is 0 Å². The van der Waals surface area contributed by atoms with Crippen molar-refractivity contribution in [1.29, 1.82) is 0 Å². The van der Waals surface area contributed by atoms with Gasteiger partial charge in [-0.25, -0.2) is 8.78 Å². The number of nitrogens with zero attached hydrogens (tertiary/aromatic N) is 1. The summed E-state index contributed by atoms with van der Waals surface area (Å²) in [6, 6.07) is 4.30. The first-order valence-corrected chi connectivity index (χ1v) is 6.92. The average molecular weight is 323 g/mol. The van der Waals surface area contributed by atoms with E-state index in [0.717, 1.165) is 12.1 Å². The van der Waals surface area contributed by atoms with Crippen molar-refractivity contribution in [2.24, 2.45) is 0 Å². The van der Waals surface area contributed by atoms with Crippen molar-refractivity contribution in [2.75, 3.05) is 11.9 Å². The first-order chi connectivity index (χ1) is 11.0. The molecular weight excluding hydrogens is 308 g/mol. The zero-order valence-electron chi connectivity index (χ0n) is 12.4. The molecule has 1 aromatic heterocycles. The van der Waals surface area contributed by atoms with E-state index in [0.29, 0.717) is 24.1 Å². The highest BCUT2D eigenvalue weighted by molar-refractivity contribution is 5.94. The van der Waals surface area contributed by atoms with Crippen molar-refractivity contribution in [2.45, 2.75) is 19.8 Å². The summed E-state index contributed by atoms with van der Waals surface area (Å²) >= 11 is 0. The molecule has 0 aliphatic carbocycles. The van der Waals surface area contributed by atoms with E-state index in [1.54, 1.807) is 13.0 Å². The Morgan fingerprint density at radius 3 is 2.70 bits per heavy atom. The molecule has 122 valence electrons. The minimum atomic E-state index is -0.929. The normalized spacial score (nSPS) is 10.4. The predicted molar refractivity (Wildman–Crippen MR) is 77.8 cm³/mol. The van der Waals surface area contributed by atoms with Crippen molar-refractivity contribution in [1.82, 2.24) is 10.5 Å². The van der Waals surface area contributed by atoms with E-state index >= 15 is 0 Å². The Labute approximate surface area is 130 Å². The van der Waals surface area contributed by atoms with Crippen LogP contribution in [0.2, 0.25) is 0 Å². The first kappa shape index (κ1) is 16.6. The largest absolute Gasteiger partial charge is 0.360 e. The quantitative estimate of drug-likeness (QED) is 0.800. The Morgan fingerprint density at radius 2 is 2.04 bits per heavy atom. The summed E-state index contributed by atoms with van der Waals surface area (Å²) in [5.74, 6) is -1.71. The van der Waals surface area contributed by atoms with Crippen molar-refractivity contribution < 1.29 is 22.9 Å². The summed E-state index contributed by atoms with van der Waals surface area (Å²) in [7, 11) is 0. The van der Waals surface area contributed by atoms with Gasteiger partial charge in [-0.05, 0) is 25.5 Å². The number of hydrogen-bond acceptors (Lipinski definition) is 4. The molecule has 0 aliphatic rings. The minimum Gasteiger partial charge on any atom is -0.360 e. The van der Waals surface area contributed by atoms with Gasteiger partial charge in [-0.3, -0.25) is 9.59 Å². The SMILES string of the molecule is Cc1cc(NC(=O)CCCNC(=O)c2ccc(F)cc2F)no1. The second-order valence-electron chi connectivity index (χ2n) is 4.85. The fourth-order valence-electron chi connectivity index (χ4n) is 1.85. The van der Waals surface area contributed by atoms with Crippen molar-refractivity contribution in [3.8, 4) is 0 Å². The number of hydrogen-bond donors (Lipinski definition) is 2. The molecule has 6 nitrogen and oxygen atoms in total. The van der Waals surface area contributed by atoms with Gasteiger partial charge in [0.05, 0.1) is 5.56 Å². The molecule has 2 rings (SSSR count). The molecule has 0 saturated carbocycles. The van der Waals surface area contributed by atoms with Crippen LogP contribution in [0.4, 0.5) is 14.6 Å². The van der Waals surface area contributed by atoms with Crippen LogP contribution in [0.25, 0.3) is 0 Å². The number of nitrogens with one attached hydrogen (secondary N) is 2. The number of benzene rings is 1. The molecule has 8 heteroatoms. The van der Waals surface area contributed by atoms with Crippen molar-refractivity contribution in [3.63, 3.8) is 0 Å². The van der Waals surface area contributed by atoms with Crippen LogP contribution in [0, 0.1) is 18.6 Å². The van der Waals surface area contributed by atoms with Crippen LogP contribution in [-0.4, -0.2) is 23.5 Å². The number of carbonyl (C=O) groups is 2. The second-order valence-corrected chi connectivity index (χ2v) is 4.85. The number of amides is 2. The molecule has 2 aromatic rings. The van der Waals surface area contributed by atoms with Crippen molar-refractivity contribution >= 4 is 17.6 Å². The average Bonchev–Trinajstić information content (AvgIpc) is 2.88. The van der Waals surface area contributed by atoms with Crippen molar-refractivity contribution in [3.05, 3.63) is 47.2 Å². The van der Waals surface area contributed by atoms with Gasteiger partial charge in [-0.15, -0.1) is 0 Å². The third-order valence-electron chi connectivity index (χ3n) is 2.94. The van der Waals surface area contributed by atoms with Crippen LogP contribution in [0.3, 0.4) is 0 Å². The topological polar surface area (TPSA) is 84.2 Å². The zero-order valence-corrected chi connectivity index (χ0v) is 12.4. The maximum Gasteiger partial charge on any atom is 0.254 e. The monoisotopic (exact) mass is 323 g/mol. The Morgan fingerprint density at radius 1 is 1.26 bits per heavy atom. The highest BCUT2D eigenvalue weighted by Crippen LogP contribution is 2.10. The van der Waals surface area contributed by atoms with Crippen LogP contribution in [0.1, 0.15) is 29.0 Å². The molecule has 0 fully saturated rings. The van der Waals surface area contributed by atoms with Crippen LogP contribution in [0.15, 0.2) is 28.8 Å². The van der Waals surface area contributed by atoms with Crippen LogP contribution >= 0.6 is 0 Å². The van der Waals surface area contributed by atoms with E-state index in [2.05, 4.69) is 15.8 Å². The fraction of sp³-hybridized carbons (Fsp3) is 0.267. The number of aryl methyl sites for hydroxylation is 1. The molecule has 0 spiro atoms. The van der Waals surface area contributed by atoms with E-state index in [-0.39, 0.29) is 24.4 Å². The Hall–Kier alpha value is -2.77. The van der Waals surface area contributed by atoms with E-state index in [4.69, 9.17) is 4.52 Å². The summed E-state index contributed by atoms with van der Waals surface area (Å²) < 4.78 is 31.0. The summed E-state index contributed by atoms with van der Waals surface area (Å²) in [4.78, 5) is 23.3. The number of carbonyl (C=O) groups excluding carboxylic acids is 2. The third kappa shape index (κ3) is 4.87. The Balaban J connectivity index is 1.72. The smallest absolute Gasteiger partial charge is 0.254 e. The molecular formula is C15H15F2N3O3. The zero-order chi connectivity index (χ0) is 16.8. The molecule has 0 unspecified atom stereocenters. The van der Waals surface area contributed by atoms with Gasteiger partial charge in [0.15, 0.2) is 5.82 Å². The molecule has 23 heavy (non-hydrogen) atoms. The van der Waals surface area contributed by atoms with Crippen LogP contribution in [-0.2, 0) is 4.79 Å². The van der Waals surface area contributed by atoms with E-state index in [9.17, 15) is 18.4 Å². The molecule has 0 atom stereocenters. The molecule has 2 N–H and O–H groups in total. The summed E-state index contributed by atoms with van der Waals surface area (Å²) in [5.41, 5.74) is -0.242. The van der Waals surface area contributed by atoms with E-state index in [1.165, 1.54) is 0 Å². The number of aromatic nitrogens is 1. The number of rotatable bonds is 6. The maximum absolute atomic E-state index is 13.4. The predicted octanol–water partition coefficient (Wildman–Crippen LogP) is 2.41. The fourth-order valence-corrected chi connectivity index (χ4v) is 1.85. The van der Waals surface area contributed by atoms with E-state index in [1.807, 2.05) is 0 Å². The maximum atomic E-state index is 13.4. The molecule has 0 bridgehead atoms. The second kappa shape index (κ2) is 7.48. The van der Waals surface area contributed by atoms with Gasteiger partial charge in [0.1, 0.15) is 17.4 Å². The molecule has 0 saturated heterocycles. The highest BCUT2D eigenvalue weighted by atomic mass is 19.1. The van der Waals surface area contributed by atoms with Gasteiger partial charge in [0.25, 0.3) is 5.91 Å². The molecule has 1 aromatic carbocycles. The minimum absolute atomic E-state index is 0.151. The Bertz CT molecular complexity index is 716. The van der Waals surface area contributed by atoms with Gasteiger partial charge in [-0.2, -0.15) is 0 Å². The van der Waals surface area contributed by atoms with Gasteiger partial charge in [-0.1, -0.05) is 5.16 Å². The lowest BCUT2D eigenvalue weighted by atomic mass is 10.2. The van der Waals surface area contributed by atoms with Gasteiger partial charge in [0.2, 0.25) is 5.91 Å². The van der Waals surface area contributed by atoms with Gasteiger partial charge < -0.3 is 15.2 Å². The van der Waals surface area contributed by atoms with E-state index < -0.39 is 17.5 Å². The molecule has 2 amide bonds. The summed E-state index contributed by atoms with van der Waals surface area (Å²) in [6.07, 6.45) is 0.509. The van der Waals surface area contributed by atoms with Crippen LogP contribution < -0.4 is 10.6 Å². The molecule has 0 aliphatic heterocycles. The Kier molecular flexibility index (Phi) is 5.40. The van der Waals surface area contributed by atoms with Gasteiger partial charge in [0, 0.05) is 25.1 Å². The highest BCUT2D eigenvalue weighted by Gasteiger charge is 2.12. The summed E-state index contributed by atoms with van der Waals surface area (Å²) in [5, 5.41) is 8.63. The third-order valence-corrected chi connectivity index (χ3v) is 2.94. The lowest BCUT2D eigenvalue weighted by Gasteiger charge is -2.06. The summed E-state index contributed by atoms with van der Waals surface area (Å²) in [6.45, 7) is 1.88. The molecule has 1 heterocycles. The lowest BCUT2D eigenvalue weighted by Crippen LogP contribution is -2.26. The van der Waals surface area contributed by atoms with Crippen LogP contribution in [0.5, 0.6) is 0 Å².